The smallest absolute Gasteiger partial charge is 0.317 e. The molecule has 0 aromatic heterocycles. The summed E-state index contributed by atoms with van der Waals surface area (Å²) in [6, 6.07) is 0. The van der Waals surface area contributed by atoms with Crippen molar-refractivity contribution in [3.63, 3.8) is 0 Å². The van der Waals surface area contributed by atoms with Crippen LogP contribution in [0.2, 0.25) is 0 Å². The Bertz CT molecular complexity index is 229. The van der Waals surface area contributed by atoms with Crippen LogP contribution in [0.4, 0.5) is 0 Å². The number of hydrogen-bond donors (Lipinski definition) is 1. The Labute approximate surface area is 120 Å². The van der Waals surface area contributed by atoms with E-state index in [4.69, 9.17) is 9.42 Å². The molecule has 0 rings (SSSR count). The lowest BCUT2D eigenvalue weighted by Gasteiger charge is -2.23. The molecule has 1 N–H and O–H groups in total. The van der Waals surface area contributed by atoms with Crippen molar-refractivity contribution in [1.29, 1.82) is 0 Å². The van der Waals surface area contributed by atoms with Gasteiger partial charge in [-0.3, -0.25) is 4.57 Å². The summed E-state index contributed by atoms with van der Waals surface area (Å²) in [7, 11) is -2.80. The second-order valence-corrected chi connectivity index (χ2v) is 6.80. The van der Waals surface area contributed by atoms with Crippen LogP contribution in [0.5, 0.6) is 0 Å². The Morgan fingerprint density at radius 1 is 0.895 bits per heavy atom. The Morgan fingerprint density at radius 3 is 1.74 bits per heavy atom. The molecule has 0 aromatic rings. The predicted molar refractivity (Wildman–Crippen MR) is 82.8 cm³/mol. The van der Waals surface area contributed by atoms with E-state index in [0.717, 1.165) is 12.8 Å². The molecule has 0 radical (unpaired) electrons. The standard InChI is InChI=1S/C15H33O3P/c1-4-5-6-7-8-9-10-11-12-13-14-15(2,3)18-19(16)17/h19H,4-14H2,1-3H3,(H,16,17). The van der Waals surface area contributed by atoms with E-state index in [1.807, 2.05) is 13.8 Å². The number of hydrogen-bond acceptors (Lipinski definition) is 2. The molecule has 1 atom stereocenters. The molecule has 0 aliphatic carbocycles. The third kappa shape index (κ3) is 14.4. The Kier molecular flexibility index (Phi) is 12.0. The zero-order valence-electron chi connectivity index (χ0n) is 13.0. The first kappa shape index (κ1) is 19.1. The summed E-state index contributed by atoms with van der Waals surface area (Å²) in [5, 5.41) is 0. The van der Waals surface area contributed by atoms with Gasteiger partial charge in [-0.25, -0.2) is 0 Å². The molecule has 116 valence electrons. The maximum Gasteiger partial charge on any atom is 0.317 e. The minimum Gasteiger partial charge on any atom is -0.326 e. The van der Waals surface area contributed by atoms with Crippen LogP contribution in [0.3, 0.4) is 0 Å². The van der Waals surface area contributed by atoms with Gasteiger partial charge in [0.25, 0.3) is 0 Å². The molecule has 0 spiro atoms. The van der Waals surface area contributed by atoms with Gasteiger partial charge in [-0.2, -0.15) is 0 Å². The van der Waals surface area contributed by atoms with Crippen LogP contribution in [-0.2, 0) is 9.09 Å². The average Bonchev–Trinajstić information content (AvgIpc) is 2.30. The molecule has 19 heavy (non-hydrogen) atoms. The molecule has 3 nitrogen and oxygen atoms in total. The largest absolute Gasteiger partial charge is 0.326 e. The molecule has 0 bridgehead atoms. The van der Waals surface area contributed by atoms with Crippen LogP contribution in [0, 0.1) is 0 Å². The summed E-state index contributed by atoms with van der Waals surface area (Å²) >= 11 is 0. The van der Waals surface area contributed by atoms with E-state index in [-0.39, 0.29) is 0 Å². The van der Waals surface area contributed by atoms with Crippen molar-refractivity contribution in [2.75, 3.05) is 0 Å². The van der Waals surface area contributed by atoms with E-state index in [0.29, 0.717) is 0 Å². The van der Waals surface area contributed by atoms with Crippen molar-refractivity contribution < 1.29 is 14.0 Å². The maximum absolute atomic E-state index is 10.7. The van der Waals surface area contributed by atoms with Crippen LogP contribution in [-0.4, -0.2) is 10.5 Å². The first-order valence-electron chi connectivity index (χ1n) is 7.90. The van der Waals surface area contributed by atoms with Crippen molar-refractivity contribution in [1.82, 2.24) is 0 Å². The second kappa shape index (κ2) is 11.9. The highest BCUT2D eigenvalue weighted by atomic mass is 31.1. The van der Waals surface area contributed by atoms with Crippen molar-refractivity contribution in [2.45, 2.75) is 97.0 Å². The van der Waals surface area contributed by atoms with Gasteiger partial charge in [-0.1, -0.05) is 71.1 Å². The van der Waals surface area contributed by atoms with Gasteiger partial charge in [0, 0.05) is 0 Å². The normalized spacial score (nSPS) is 13.7. The molecular formula is C15H33O3P. The van der Waals surface area contributed by atoms with Gasteiger partial charge in [0.2, 0.25) is 0 Å². The fourth-order valence-electron chi connectivity index (χ4n) is 2.33. The quantitative estimate of drug-likeness (QED) is 0.361. The zero-order valence-corrected chi connectivity index (χ0v) is 14.0. The molecule has 0 saturated carbocycles. The summed E-state index contributed by atoms with van der Waals surface area (Å²) in [5.41, 5.74) is -0.453. The van der Waals surface area contributed by atoms with Gasteiger partial charge >= 0.3 is 8.25 Å². The molecule has 0 aliphatic rings. The minimum absolute atomic E-state index is 0.453. The van der Waals surface area contributed by atoms with Crippen molar-refractivity contribution in [3.8, 4) is 0 Å². The number of unbranched alkanes of at least 4 members (excludes halogenated alkanes) is 9. The first-order chi connectivity index (χ1) is 8.98. The Morgan fingerprint density at radius 2 is 1.32 bits per heavy atom. The molecule has 0 heterocycles. The fraction of sp³-hybridized carbons (Fsp3) is 1.00. The lowest BCUT2D eigenvalue weighted by Crippen LogP contribution is -2.20. The van der Waals surface area contributed by atoms with Gasteiger partial charge < -0.3 is 9.42 Å². The van der Waals surface area contributed by atoms with E-state index in [9.17, 15) is 4.57 Å². The first-order valence-corrected chi connectivity index (χ1v) is 9.16. The van der Waals surface area contributed by atoms with Gasteiger partial charge in [0.1, 0.15) is 0 Å². The van der Waals surface area contributed by atoms with E-state index in [1.54, 1.807) is 0 Å². The third-order valence-electron chi connectivity index (χ3n) is 3.50. The lowest BCUT2D eigenvalue weighted by molar-refractivity contribution is 0.0910. The monoisotopic (exact) mass is 292 g/mol. The Balaban J connectivity index is 3.28. The number of rotatable bonds is 13. The maximum atomic E-state index is 10.7. The van der Waals surface area contributed by atoms with E-state index < -0.39 is 13.9 Å². The van der Waals surface area contributed by atoms with Gasteiger partial charge in [-0.05, 0) is 20.3 Å². The molecule has 0 aliphatic heterocycles. The van der Waals surface area contributed by atoms with E-state index in [2.05, 4.69) is 6.92 Å². The van der Waals surface area contributed by atoms with Crippen LogP contribution in [0.1, 0.15) is 91.4 Å². The molecule has 0 fully saturated rings. The topological polar surface area (TPSA) is 46.5 Å². The molecular weight excluding hydrogens is 259 g/mol. The molecule has 0 amide bonds. The van der Waals surface area contributed by atoms with Crippen molar-refractivity contribution in [2.24, 2.45) is 0 Å². The highest BCUT2D eigenvalue weighted by Gasteiger charge is 2.19. The highest BCUT2D eigenvalue weighted by molar-refractivity contribution is 7.32. The Hall–Kier alpha value is 0.150. The predicted octanol–water partition coefficient (Wildman–Crippen LogP) is 5.47. The van der Waals surface area contributed by atoms with Crippen molar-refractivity contribution >= 4 is 8.25 Å². The average molecular weight is 292 g/mol. The summed E-state index contributed by atoms with van der Waals surface area (Å²) in [6.45, 7) is 6.03. The van der Waals surface area contributed by atoms with Crippen LogP contribution in [0.15, 0.2) is 0 Å². The molecule has 0 saturated heterocycles. The van der Waals surface area contributed by atoms with Gasteiger partial charge in [-0.15, -0.1) is 0 Å². The van der Waals surface area contributed by atoms with Gasteiger partial charge in [0.15, 0.2) is 0 Å². The lowest BCUT2D eigenvalue weighted by atomic mass is 9.99. The molecule has 4 heteroatoms. The highest BCUT2D eigenvalue weighted by Crippen LogP contribution is 2.29. The van der Waals surface area contributed by atoms with E-state index in [1.165, 1.54) is 57.8 Å². The summed E-state index contributed by atoms with van der Waals surface area (Å²) < 4.78 is 15.7. The van der Waals surface area contributed by atoms with Crippen LogP contribution >= 0.6 is 8.25 Å². The summed E-state index contributed by atoms with van der Waals surface area (Å²) in [4.78, 5) is 8.77. The SMILES string of the molecule is CCCCCCCCCCCCC(C)(C)O[PH](=O)O. The van der Waals surface area contributed by atoms with E-state index >= 15 is 0 Å². The fourth-order valence-corrected chi connectivity index (χ4v) is 2.90. The van der Waals surface area contributed by atoms with Gasteiger partial charge in [0.05, 0.1) is 5.60 Å². The zero-order chi connectivity index (χ0) is 14.6. The van der Waals surface area contributed by atoms with Crippen molar-refractivity contribution in [3.05, 3.63) is 0 Å². The molecule has 0 aromatic carbocycles. The molecule has 1 unspecified atom stereocenters. The minimum atomic E-state index is -2.80. The second-order valence-electron chi connectivity index (χ2n) is 6.06. The third-order valence-corrected chi connectivity index (χ3v) is 4.22. The summed E-state index contributed by atoms with van der Waals surface area (Å²) in [5.74, 6) is 0. The summed E-state index contributed by atoms with van der Waals surface area (Å²) in [6.07, 6.45) is 14.0. The van der Waals surface area contributed by atoms with Crippen LogP contribution in [0.25, 0.3) is 0 Å². The van der Waals surface area contributed by atoms with Crippen LogP contribution < -0.4 is 0 Å².